The van der Waals surface area contributed by atoms with E-state index in [9.17, 15) is 0 Å². The van der Waals surface area contributed by atoms with Crippen molar-refractivity contribution >= 4 is 0 Å². The van der Waals surface area contributed by atoms with E-state index in [1.54, 1.807) is 0 Å². The van der Waals surface area contributed by atoms with Crippen LogP contribution in [-0.4, -0.2) is 0 Å². The first-order valence-corrected chi connectivity index (χ1v) is 4.46. The first-order valence-electron chi connectivity index (χ1n) is 4.46. The third-order valence-electron chi connectivity index (χ3n) is 1.15. The van der Waals surface area contributed by atoms with Gasteiger partial charge in [0.05, 0.1) is 0 Å². The molecule has 0 saturated carbocycles. The zero-order chi connectivity index (χ0) is 8.24. The Morgan fingerprint density at radius 3 is 0.370 bits per heavy atom. The second-order valence-electron chi connectivity index (χ2n) is 2.21. The summed E-state index contributed by atoms with van der Waals surface area (Å²) in [6.07, 6.45) is 9.38. The molecule has 0 saturated heterocycles. The predicted octanol–water partition coefficient (Wildman–Crippen LogP) is 5.89. The van der Waals surface area contributed by atoms with E-state index in [0.29, 0.717) is 0 Å². The molecule has 130 valence electrons. The smallest absolute Gasteiger partial charge is 0 e. The summed E-state index contributed by atoms with van der Waals surface area (Å²) < 4.78 is 0. The Labute approximate surface area is 529 Å². The summed E-state index contributed by atoms with van der Waals surface area (Å²) in [5, 5.41) is 0. The molecule has 0 amide bonds. The molecule has 0 aromatic carbocycles. The molecule has 0 bridgehead atoms. The molecule has 0 nitrogen and oxygen atoms in total. The molecular weight excluding hydrogens is 1400 g/mol. The normalized spacial score (nSPS) is 3.11. The minimum Gasteiger partial charge on any atom is -0.329 e. The third kappa shape index (κ3) is 170. The van der Waals surface area contributed by atoms with Crippen LogP contribution in [0.4, 0.5) is 0 Å². The van der Waals surface area contributed by atoms with Gasteiger partial charge >= 0.3 is 0 Å². The summed E-state index contributed by atoms with van der Waals surface area (Å²) >= 11 is 0. The molecular formula is C13H34Y14-2. The first-order chi connectivity index (χ1) is 4.83. The molecule has 0 N–H and O–H groups in total. The van der Waals surface area contributed by atoms with E-state index < -0.39 is 0 Å². The Kier molecular flexibility index (Phi) is 724. The average Bonchev–Trinajstić information content (AvgIpc) is 1.93. The van der Waals surface area contributed by atoms with Crippen LogP contribution in [0.25, 0.3) is 0 Å². The Bertz CT molecular complexity index is 48.0. The van der Waals surface area contributed by atoms with Crippen molar-refractivity contribution in [3.63, 3.8) is 0 Å². The predicted molar refractivity (Wildman–Crippen MR) is 70.0 cm³/mol. The molecule has 27 heavy (non-hydrogen) atoms. The van der Waals surface area contributed by atoms with Gasteiger partial charge in [-0.25, -0.2) is 0 Å². The van der Waals surface area contributed by atoms with Crippen LogP contribution < -0.4 is 0 Å². The number of hydrogen-bond acceptors (Lipinski definition) is 0. The first kappa shape index (κ1) is 133. The van der Waals surface area contributed by atoms with Crippen molar-refractivity contribution in [3.05, 3.63) is 12.8 Å². The monoisotopic (exact) mass is 1430 g/mol. The van der Waals surface area contributed by atoms with E-state index in [1.165, 1.54) is 25.7 Å². The van der Waals surface area contributed by atoms with Gasteiger partial charge < -0.3 is 12.8 Å². The van der Waals surface area contributed by atoms with Gasteiger partial charge in [-0.15, -0.1) is 0 Å². The summed E-state index contributed by atoms with van der Waals surface area (Å²) in [6, 6.07) is 0. The van der Waals surface area contributed by atoms with Crippen molar-refractivity contribution in [2.75, 3.05) is 0 Å². The minimum absolute atomic E-state index is 0. The number of unbranched alkanes of at least 4 members (excludes halogenated alkanes) is 4. The fourth-order valence-corrected chi connectivity index (χ4v) is 0.577. The summed E-state index contributed by atoms with van der Waals surface area (Å²) in [5.41, 5.74) is 0. The summed E-state index contributed by atoms with van der Waals surface area (Å²) in [5.74, 6) is 0. The van der Waals surface area contributed by atoms with Crippen molar-refractivity contribution in [2.24, 2.45) is 0 Å². The maximum atomic E-state index is 2.25. The molecule has 0 spiro atoms. The zero-order valence-electron chi connectivity index (χ0n) is 16.1. The zero-order valence-corrected chi connectivity index (χ0v) is 55.8. The van der Waals surface area contributed by atoms with Gasteiger partial charge in [-0.3, -0.25) is 0 Å². The fourth-order valence-electron chi connectivity index (χ4n) is 0.577. The molecule has 0 aromatic rings. The molecule has 0 rings (SSSR count). The maximum Gasteiger partial charge on any atom is 0 e. The van der Waals surface area contributed by atoms with E-state index in [-0.39, 0.29) is 480 Å². The third-order valence-corrected chi connectivity index (χ3v) is 1.15. The van der Waals surface area contributed by atoms with Crippen molar-refractivity contribution in [1.82, 2.24) is 0 Å². The van der Waals surface area contributed by atoms with Crippen LogP contribution in [0.1, 0.15) is 75.7 Å². The topological polar surface area (TPSA) is 0 Å². The minimum atomic E-state index is 0. The van der Waals surface area contributed by atoms with Crippen molar-refractivity contribution in [1.29, 1.82) is 0 Å². The van der Waals surface area contributed by atoms with Crippen LogP contribution in [-0.2, 0) is 458 Å². The molecule has 0 fully saturated rings. The van der Waals surface area contributed by atoms with Crippen molar-refractivity contribution < 1.29 is 458 Å². The van der Waals surface area contributed by atoms with Crippen LogP contribution in [0, 0.1) is 12.8 Å². The van der Waals surface area contributed by atoms with E-state index in [1.807, 2.05) is 0 Å². The van der Waals surface area contributed by atoms with Crippen LogP contribution in [0.2, 0.25) is 0 Å². The standard InChI is InChI=1S/2C5H11.3CH4.14Y/c2*1-3-5-4-2;;;;;;;;;;;;;;;;;/h2*5H,3-4H2,1-2H3;3*1H4;;;;;;;;;;;;;;/q2*-1;;;;;;;;;;;;;;;;;. The Morgan fingerprint density at radius 1 is 0.296 bits per heavy atom. The van der Waals surface area contributed by atoms with Crippen molar-refractivity contribution in [3.8, 4) is 0 Å². The molecule has 0 aliphatic rings. The van der Waals surface area contributed by atoms with E-state index >= 15 is 0 Å². The fraction of sp³-hybridized carbons (Fsp3) is 0.846. The van der Waals surface area contributed by atoms with Crippen LogP contribution in [0.5, 0.6) is 0 Å². The van der Waals surface area contributed by atoms with Crippen LogP contribution in [0.3, 0.4) is 0 Å². The molecule has 14 radical (unpaired) electrons. The van der Waals surface area contributed by atoms with Gasteiger partial charge in [-0.05, 0) is 0 Å². The van der Waals surface area contributed by atoms with Gasteiger partial charge in [-0.2, -0.15) is 25.7 Å². The van der Waals surface area contributed by atoms with E-state index in [0.717, 1.165) is 0 Å². The largest absolute Gasteiger partial charge is 0.329 e. The van der Waals surface area contributed by atoms with Crippen molar-refractivity contribution in [2.45, 2.75) is 75.7 Å². The average molecular weight is 1440 g/mol. The molecule has 0 unspecified atom stereocenters. The molecule has 0 aromatic heterocycles. The van der Waals surface area contributed by atoms with Gasteiger partial charge in [0.2, 0.25) is 0 Å². The second-order valence-corrected chi connectivity index (χ2v) is 2.21. The van der Waals surface area contributed by atoms with Gasteiger partial charge in [0, 0.05) is 458 Å². The maximum absolute atomic E-state index is 2.25. The Morgan fingerprint density at radius 2 is 0.370 bits per heavy atom. The van der Waals surface area contributed by atoms with Gasteiger partial charge in [0.15, 0.2) is 0 Å². The Hall–Kier alpha value is 15.5. The van der Waals surface area contributed by atoms with Crippen LogP contribution in [0.15, 0.2) is 0 Å². The van der Waals surface area contributed by atoms with Gasteiger partial charge in [-0.1, -0.05) is 50.0 Å². The van der Waals surface area contributed by atoms with Crippen LogP contribution >= 0.6 is 0 Å². The summed E-state index contributed by atoms with van der Waals surface area (Å²) in [4.78, 5) is 0. The molecule has 0 atom stereocenters. The molecule has 14 heteroatoms. The second kappa shape index (κ2) is 147. The molecule has 0 heterocycles. The quantitative estimate of drug-likeness (QED) is 0.309. The van der Waals surface area contributed by atoms with E-state index in [2.05, 4.69) is 40.5 Å². The molecule has 0 aliphatic carbocycles. The SMILES string of the molecule is C.C.C.CC[CH-]CC.CC[CH-]CC.[Y].[Y].[Y].[Y].[Y].[Y].[Y].[Y].[Y].[Y].[Y].[Y].[Y].[Y]. The Balaban J connectivity index is -0.00000000171. The van der Waals surface area contributed by atoms with E-state index in [4.69, 9.17) is 0 Å². The number of hydrogen-bond donors (Lipinski definition) is 0. The number of rotatable bonds is 4. The van der Waals surface area contributed by atoms with Gasteiger partial charge in [0.1, 0.15) is 0 Å². The molecule has 0 aliphatic heterocycles. The summed E-state index contributed by atoms with van der Waals surface area (Å²) in [7, 11) is 0. The summed E-state index contributed by atoms with van der Waals surface area (Å²) in [6.45, 7) is 8.62. The van der Waals surface area contributed by atoms with Gasteiger partial charge in [0.25, 0.3) is 0 Å².